The van der Waals surface area contributed by atoms with Crippen LogP contribution in [0.2, 0.25) is 0 Å². The number of rotatable bonds is 5. The van der Waals surface area contributed by atoms with Crippen molar-refractivity contribution in [2.75, 3.05) is 0 Å². The van der Waals surface area contributed by atoms with Crippen molar-refractivity contribution in [3.05, 3.63) is 70.8 Å². The van der Waals surface area contributed by atoms with Gasteiger partial charge in [-0.2, -0.15) is 0 Å². The normalized spacial score (nSPS) is 19.3. The number of imide groups is 1. The van der Waals surface area contributed by atoms with E-state index in [1.54, 1.807) is 24.3 Å². The summed E-state index contributed by atoms with van der Waals surface area (Å²) < 4.78 is 5.31. The molecule has 0 unspecified atom stereocenters. The summed E-state index contributed by atoms with van der Waals surface area (Å²) in [6, 6.07) is 13.1. The smallest absolute Gasteiger partial charge is 0.329 e. The topological polar surface area (TPSA) is 92.8 Å². The molecule has 1 aliphatic heterocycles. The van der Waals surface area contributed by atoms with E-state index in [9.17, 15) is 19.2 Å². The third-order valence-corrected chi connectivity index (χ3v) is 5.90. The van der Waals surface area contributed by atoms with E-state index in [4.69, 9.17) is 4.74 Å². The van der Waals surface area contributed by atoms with Crippen LogP contribution in [0.5, 0.6) is 0 Å². The van der Waals surface area contributed by atoms with E-state index < -0.39 is 35.8 Å². The zero-order chi connectivity index (χ0) is 22.1. The standard InChI is InChI=1S/C24H24N2O5/c1-14(26-22(28)18-11-5-6-12-19(18)23(26)29)24(30)31-15(2)21(27)25-20-13-7-9-16-8-3-4-10-17(16)20/h3-6,8,10-12,14-15,20H,7,9,13H2,1-2H3,(H,25,27)/t14-,15-,20+/m0/s1. The van der Waals surface area contributed by atoms with Gasteiger partial charge in [0.15, 0.2) is 6.10 Å². The summed E-state index contributed by atoms with van der Waals surface area (Å²) >= 11 is 0. The molecular formula is C24H24N2O5. The predicted molar refractivity (Wildman–Crippen MR) is 112 cm³/mol. The minimum atomic E-state index is -1.14. The van der Waals surface area contributed by atoms with Crippen molar-refractivity contribution >= 4 is 23.7 Å². The van der Waals surface area contributed by atoms with Gasteiger partial charge in [-0.05, 0) is 56.4 Å². The molecule has 2 aromatic rings. The van der Waals surface area contributed by atoms with E-state index in [1.807, 2.05) is 18.2 Å². The van der Waals surface area contributed by atoms with Gasteiger partial charge in [0.2, 0.25) is 0 Å². The maximum Gasteiger partial charge on any atom is 0.329 e. The Bertz CT molecular complexity index is 1030. The molecule has 0 saturated carbocycles. The molecule has 4 rings (SSSR count). The highest BCUT2D eigenvalue weighted by atomic mass is 16.5. The molecule has 1 heterocycles. The molecule has 0 bridgehead atoms. The molecule has 3 atom stereocenters. The van der Waals surface area contributed by atoms with Crippen molar-refractivity contribution in [2.24, 2.45) is 0 Å². The molecule has 0 aromatic heterocycles. The first-order valence-corrected chi connectivity index (χ1v) is 10.4. The van der Waals surface area contributed by atoms with Crippen molar-refractivity contribution in [1.29, 1.82) is 0 Å². The molecule has 3 amide bonds. The number of fused-ring (bicyclic) bond motifs is 2. The van der Waals surface area contributed by atoms with Crippen LogP contribution in [0.1, 0.15) is 64.6 Å². The number of esters is 1. The maximum atomic E-state index is 12.7. The predicted octanol–water partition coefficient (Wildman–Crippen LogP) is 2.80. The number of amides is 3. The maximum absolute atomic E-state index is 12.7. The van der Waals surface area contributed by atoms with Crippen molar-refractivity contribution < 1.29 is 23.9 Å². The van der Waals surface area contributed by atoms with Crippen LogP contribution >= 0.6 is 0 Å². The molecule has 2 aromatic carbocycles. The van der Waals surface area contributed by atoms with Crippen LogP contribution in [0.15, 0.2) is 48.5 Å². The Kier molecular flexibility index (Phi) is 5.59. The van der Waals surface area contributed by atoms with Crippen molar-refractivity contribution in [3.63, 3.8) is 0 Å². The van der Waals surface area contributed by atoms with Crippen LogP contribution in [-0.2, 0) is 20.7 Å². The largest absolute Gasteiger partial charge is 0.451 e. The first kappa shape index (κ1) is 20.8. The number of carbonyl (C=O) groups is 4. The highest BCUT2D eigenvalue weighted by Gasteiger charge is 2.41. The lowest BCUT2D eigenvalue weighted by Crippen LogP contribution is -2.46. The number of nitrogens with one attached hydrogen (secondary N) is 1. The van der Waals surface area contributed by atoms with Gasteiger partial charge in [0.25, 0.3) is 17.7 Å². The van der Waals surface area contributed by atoms with E-state index in [0.29, 0.717) is 0 Å². The first-order valence-electron chi connectivity index (χ1n) is 10.4. The van der Waals surface area contributed by atoms with Crippen LogP contribution in [0.25, 0.3) is 0 Å². The molecule has 7 nitrogen and oxygen atoms in total. The fourth-order valence-corrected chi connectivity index (χ4v) is 4.18. The number of benzene rings is 2. The molecule has 0 spiro atoms. The molecule has 7 heteroatoms. The van der Waals surface area contributed by atoms with Gasteiger partial charge in [-0.3, -0.25) is 19.3 Å². The monoisotopic (exact) mass is 420 g/mol. The highest BCUT2D eigenvalue weighted by molar-refractivity contribution is 6.22. The Balaban J connectivity index is 1.39. The van der Waals surface area contributed by atoms with Crippen molar-refractivity contribution in [3.8, 4) is 0 Å². The molecular weight excluding hydrogens is 396 g/mol. The number of aryl methyl sites for hydroxylation is 1. The summed E-state index contributed by atoms with van der Waals surface area (Å²) in [4.78, 5) is 51.3. The number of hydrogen-bond acceptors (Lipinski definition) is 5. The Morgan fingerprint density at radius 1 is 1.00 bits per heavy atom. The van der Waals surface area contributed by atoms with Gasteiger partial charge in [-0.15, -0.1) is 0 Å². The quantitative estimate of drug-likeness (QED) is 0.593. The average molecular weight is 420 g/mol. The van der Waals surface area contributed by atoms with Crippen LogP contribution in [0.3, 0.4) is 0 Å². The Morgan fingerprint density at radius 2 is 1.61 bits per heavy atom. The van der Waals surface area contributed by atoms with Crippen molar-refractivity contribution in [1.82, 2.24) is 10.2 Å². The van der Waals surface area contributed by atoms with Crippen LogP contribution < -0.4 is 5.32 Å². The highest BCUT2D eigenvalue weighted by Crippen LogP contribution is 2.29. The van der Waals surface area contributed by atoms with E-state index in [-0.39, 0.29) is 17.2 Å². The van der Waals surface area contributed by atoms with Crippen LogP contribution in [0.4, 0.5) is 0 Å². The number of hydrogen-bond donors (Lipinski definition) is 1. The Hall–Kier alpha value is -3.48. The van der Waals surface area contributed by atoms with Gasteiger partial charge in [0.05, 0.1) is 17.2 Å². The minimum Gasteiger partial charge on any atom is -0.451 e. The van der Waals surface area contributed by atoms with Gasteiger partial charge in [0, 0.05) is 0 Å². The zero-order valence-corrected chi connectivity index (χ0v) is 17.5. The lowest BCUT2D eigenvalue weighted by atomic mass is 9.87. The molecule has 1 N–H and O–H groups in total. The summed E-state index contributed by atoms with van der Waals surface area (Å²) in [6.07, 6.45) is 1.70. The lowest BCUT2D eigenvalue weighted by molar-refractivity contribution is -0.158. The Labute approximate surface area is 180 Å². The SMILES string of the molecule is C[C@H](OC(=O)[C@H](C)N1C(=O)c2ccccc2C1=O)C(=O)N[C@@H]1CCCc2ccccc21. The summed E-state index contributed by atoms with van der Waals surface area (Å²) in [5.74, 6) is -2.30. The van der Waals surface area contributed by atoms with Gasteiger partial charge in [-0.1, -0.05) is 36.4 Å². The molecule has 31 heavy (non-hydrogen) atoms. The van der Waals surface area contributed by atoms with E-state index >= 15 is 0 Å². The van der Waals surface area contributed by atoms with E-state index in [2.05, 4.69) is 11.4 Å². The average Bonchev–Trinajstić information content (AvgIpc) is 3.03. The van der Waals surface area contributed by atoms with Crippen LogP contribution in [-0.4, -0.2) is 40.7 Å². The minimum absolute atomic E-state index is 0.132. The zero-order valence-electron chi connectivity index (χ0n) is 17.5. The lowest BCUT2D eigenvalue weighted by Gasteiger charge is -2.28. The van der Waals surface area contributed by atoms with Gasteiger partial charge >= 0.3 is 5.97 Å². The second-order valence-electron chi connectivity index (χ2n) is 7.93. The fraction of sp³-hybridized carbons (Fsp3) is 0.333. The molecule has 2 aliphatic rings. The molecule has 0 radical (unpaired) electrons. The molecule has 160 valence electrons. The number of nitrogens with zero attached hydrogens (tertiary/aromatic N) is 1. The summed E-state index contributed by atoms with van der Waals surface area (Å²) in [5, 5.41) is 2.96. The van der Waals surface area contributed by atoms with Crippen molar-refractivity contribution in [2.45, 2.75) is 51.3 Å². The molecule has 0 fully saturated rings. The summed E-state index contributed by atoms with van der Waals surface area (Å²) in [7, 11) is 0. The third kappa shape index (κ3) is 3.83. The second kappa shape index (κ2) is 8.34. The second-order valence-corrected chi connectivity index (χ2v) is 7.93. The summed E-state index contributed by atoms with van der Waals surface area (Å²) in [5.41, 5.74) is 2.81. The van der Waals surface area contributed by atoms with Gasteiger partial charge < -0.3 is 10.1 Å². The van der Waals surface area contributed by atoms with E-state index in [1.165, 1.54) is 19.4 Å². The van der Waals surface area contributed by atoms with Crippen LogP contribution in [0, 0.1) is 0 Å². The third-order valence-electron chi connectivity index (χ3n) is 5.90. The number of carbonyl (C=O) groups excluding carboxylic acids is 4. The van der Waals surface area contributed by atoms with E-state index in [0.717, 1.165) is 29.7 Å². The van der Waals surface area contributed by atoms with Gasteiger partial charge in [-0.25, -0.2) is 4.79 Å². The first-order chi connectivity index (χ1) is 14.9. The Morgan fingerprint density at radius 3 is 2.29 bits per heavy atom. The summed E-state index contributed by atoms with van der Waals surface area (Å²) in [6.45, 7) is 2.91. The van der Waals surface area contributed by atoms with Gasteiger partial charge in [0.1, 0.15) is 6.04 Å². The molecule has 1 aliphatic carbocycles. The fourth-order valence-electron chi connectivity index (χ4n) is 4.18. The molecule has 0 saturated heterocycles. The number of ether oxygens (including phenoxy) is 1.